The Morgan fingerprint density at radius 2 is 1.78 bits per heavy atom. The second-order valence-electron chi connectivity index (χ2n) is 6.08. The van der Waals surface area contributed by atoms with Gasteiger partial charge in [0.25, 0.3) is 11.8 Å². The molecule has 9 heteroatoms. The zero-order valence-electron chi connectivity index (χ0n) is 14.6. The highest BCUT2D eigenvalue weighted by Crippen LogP contribution is 2.07. The van der Waals surface area contributed by atoms with E-state index < -0.39 is 11.8 Å². The lowest BCUT2D eigenvalue weighted by Gasteiger charge is -2.23. The van der Waals surface area contributed by atoms with Gasteiger partial charge in [-0.05, 0) is 37.1 Å². The van der Waals surface area contributed by atoms with Crippen molar-refractivity contribution in [1.82, 2.24) is 25.9 Å². The smallest absolute Gasteiger partial charge is 0.272 e. The Morgan fingerprint density at radius 3 is 2.41 bits per heavy atom. The number of halogens is 2. The Morgan fingerprint density at radius 1 is 1.11 bits per heavy atom. The van der Waals surface area contributed by atoms with Crippen LogP contribution in [-0.4, -0.2) is 40.9 Å². The lowest BCUT2D eigenvalue weighted by Crippen LogP contribution is -2.46. The van der Waals surface area contributed by atoms with Crippen molar-refractivity contribution >= 4 is 24.2 Å². The number of carbonyl (C=O) groups is 2. The zero-order valence-corrected chi connectivity index (χ0v) is 15.4. The molecule has 27 heavy (non-hydrogen) atoms. The molecule has 1 saturated heterocycles. The molecule has 1 aliphatic rings. The highest BCUT2D eigenvalue weighted by atomic mass is 35.5. The highest BCUT2D eigenvalue weighted by Gasteiger charge is 2.23. The number of rotatable bonds is 5. The number of piperidine rings is 1. The van der Waals surface area contributed by atoms with E-state index in [-0.39, 0.29) is 42.2 Å². The van der Waals surface area contributed by atoms with Crippen molar-refractivity contribution in [2.24, 2.45) is 0 Å². The second-order valence-corrected chi connectivity index (χ2v) is 6.08. The van der Waals surface area contributed by atoms with Crippen molar-refractivity contribution in [2.45, 2.75) is 25.4 Å². The van der Waals surface area contributed by atoms with Gasteiger partial charge in [-0.2, -0.15) is 0 Å². The van der Waals surface area contributed by atoms with E-state index in [1.54, 1.807) is 12.1 Å². The number of aromatic nitrogens is 2. The summed E-state index contributed by atoms with van der Waals surface area (Å²) in [4.78, 5) is 32.9. The first-order chi connectivity index (χ1) is 12.6. The molecule has 2 aromatic rings. The first kappa shape index (κ1) is 20.7. The van der Waals surface area contributed by atoms with Crippen molar-refractivity contribution in [2.75, 3.05) is 13.1 Å². The summed E-state index contributed by atoms with van der Waals surface area (Å²) in [6.07, 6.45) is 4.61. The Hall–Kier alpha value is -2.58. The van der Waals surface area contributed by atoms with Crippen LogP contribution in [0.4, 0.5) is 4.39 Å². The topological polar surface area (TPSA) is 96.0 Å². The molecule has 7 nitrogen and oxygen atoms in total. The van der Waals surface area contributed by atoms with E-state index in [1.807, 2.05) is 0 Å². The fraction of sp³-hybridized carbons (Fsp3) is 0.333. The van der Waals surface area contributed by atoms with Gasteiger partial charge in [-0.3, -0.25) is 9.59 Å². The van der Waals surface area contributed by atoms with Crippen LogP contribution >= 0.6 is 12.4 Å². The lowest BCUT2D eigenvalue weighted by molar-refractivity contribution is 0.0896. The summed E-state index contributed by atoms with van der Waals surface area (Å²) >= 11 is 0. The van der Waals surface area contributed by atoms with E-state index in [0.717, 1.165) is 24.9 Å². The van der Waals surface area contributed by atoms with E-state index in [2.05, 4.69) is 25.9 Å². The molecular formula is C18H21ClFN5O2. The monoisotopic (exact) mass is 393 g/mol. The molecule has 1 aliphatic heterocycles. The lowest BCUT2D eigenvalue weighted by atomic mass is 10.1. The largest absolute Gasteiger partial charge is 0.347 e. The SMILES string of the molecule is Cl.O=C(NCc1ccc(F)cc1)c1nccnc1C(=O)N[C@H]1CCCNC1. The quantitative estimate of drug-likeness (QED) is 0.714. The average molecular weight is 394 g/mol. The van der Waals surface area contributed by atoms with Crippen molar-refractivity contribution < 1.29 is 14.0 Å². The minimum absolute atomic E-state index is 0. The van der Waals surface area contributed by atoms with Crippen molar-refractivity contribution in [3.63, 3.8) is 0 Å². The number of nitrogens with one attached hydrogen (secondary N) is 3. The van der Waals surface area contributed by atoms with Gasteiger partial charge >= 0.3 is 0 Å². The molecular weight excluding hydrogens is 373 g/mol. The first-order valence-electron chi connectivity index (χ1n) is 8.48. The molecule has 1 aromatic heterocycles. The van der Waals surface area contributed by atoms with Crippen molar-refractivity contribution in [3.8, 4) is 0 Å². The molecule has 0 unspecified atom stereocenters. The van der Waals surface area contributed by atoms with Crippen LogP contribution in [0.3, 0.4) is 0 Å². The first-order valence-corrected chi connectivity index (χ1v) is 8.48. The van der Waals surface area contributed by atoms with E-state index in [4.69, 9.17) is 0 Å². The summed E-state index contributed by atoms with van der Waals surface area (Å²) in [7, 11) is 0. The van der Waals surface area contributed by atoms with E-state index in [9.17, 15) is 14.0 Å². The number of hydrogen-bond donors (Lipinski definition) is 3. The van der Waals surface area contributed by atoms with Gasteiger partial charge in [0.15, 0.2) is 11.4 Å². The second kappa shape index (κ2) is 9.94. The molecule has 0 aliphatic carbocycles. The van der Waals surface area contributed by atoms with Crippen LogP contribution < -0.4 is 16.0 Å². The van der Waals surface area contributed by atoms with Gasteiger partial charge in [0, 0.05) is 31.5 Å². The fourth-order valence-corrected chi connectivity index (χ4v) is 2.77. The molecule has 0 spiro atoms. The predicted octanol–water partition coefficient (Wildman–Crippen LogP) is 1.45. The van der Waals surface area contributed by atoms with Crippen molar-refractivity contribution in [1.29, 1.82) is 0 Å². The molecule has 1 atom stereocenters. The fourth-order valence-electron chi connectivity index (χ4n) is 2.77. The van der Waals surface area contributed by atoms with Crippen LogP contribution in [0.1, 0.15) is 39.4 Å². The summed E-state index contributed by atoms with van der Waals surface area (Å²) < 4.78 is 12.9. The molecule has 1 aromatic carbocycles. The van der Waals surface area contributed by atoms with Gasteiger partial charge in [0.05, 0.1) is 0 Å². The molecule has 2 amide bonds. The van der Waals surface area contributed by atoms with Crippen LogP contribution in [0.25, 0.3) is 0 Å². The molecule has 1 fully saturated rings. The summed E-state index contributed by atoms with van der Waals surface area (Å²) in [5.74, 6) is -1.27. The molecule has 0 radical (unpaired) electrons. The van der Waals surface area contributed by atoms with Gasteiger partial charge in [-0.1, -0.05) is 12.1 Å². The van der Waals surface area contributed by atoms with Crippen LogP contribution in [0.15, 0.2) is 36.7 Å². The van der Waals surface area contributed by atoms with Crippen LogP contribution in [0.2, 0.25) is 0 Å². The Bertz CT molecular complexity index is 782. The molecule has 0 saturated carbocycles. The summed E-state index contributed by atoms with van der Waals surface area (Å²) in [6.45, 7) is 1.83. The number of nitrogens with zero attached hydrogens (tertiary/aromatic N) is 2. The third-order valence-electron chi connectivity index (χ3n) is 4.13. The van der Waals surface area contributed by atoms with E-state index in [0.29, 0.717) is 6.54 Å². The Balaban J connectivity index is 0.00000261. The molecule has 3 rings (SSSR count). The summed E-state index contributed by atoms with van der Waals surface area (Å²) in [5.41, 5.74) is 0.702. The van der Waals surface area contributed by atoms with Crippen molar-refractivity contribution in [3.05, 3.63) is 59.4 Å². The summed E-state index contributed by atoms with van der Waals surface area (Å²) in [6, 6.07) is 5.81. The molecule has 3 N–H and O–H groups in total. The van der Waals surface area contributed by atoms with Crippen LogP contribution in [0, 0.1) is 5.82 Å². The predicted molar refractivity (Wildman–Crippen MR) is 100 cm³/mol. The number of amides is 2. The summed E-state index contributed by atoms with van der Waals surface area (Å²) in [5, 5.41) is 8.78. The number of hydrogen-bond acceptors (Lipinski definition) is 5. The van der Waals surface area contributed by atoms with Gasteiger partial charge in [-0.15, -0.1) is 12.4 Å². The minimum atomic E-state index is -0.505. The highest BCUT2D eigenvalue weighted by molar-refractivity contribution is 6.04. The normalized spacial score (nSPS) is 16.1. The van der Waals surface area contributed by atoms with Gasteiger partial charge in [0.2, 0.25) is 0 Å². The Labute approximate surface area is 162 Å². The Kier molecular flexibility index (Phi) is 7.63. The average Bonchev–Trinajstić information content (AvgIpc) is 2.68. The van der Waals surface area contributed by atoms with Gasteiger partial charge in [0.1, 0.15) is 5.82 Å². The van der Waals surface area contributed by atoms with E-state index in [1.165, 1.54) is 24.5 Å². The third-order valence-corrected chi connectivity index (χ3v) is 4.13. The van der Waals surface area contributed by atoms with Gasteiger partial charge in [-0.25, -0.2) is 14.4 Å². The maximum Gasteiger partial charge on any atom is 0.272 e. The minimum Gasteiger partial charge on any atom is -0.347 e. The third kappa shape index (κ3) is 5.70. The maximum atomic E-state index is 12.9. The van der Waals surface area contributed by atoms with Crippen LogP contribution in [0.5, 0.6) is 0 Å². The standard InChI is InChI=1S/C18H20FN5O2.ClH/c19-13-5-3-12(4-6-13)10-23-17(25)15-16(22-9-8-21-15)18(26)24-14-2-1-7-20-11-14;/h3-6,8-9,14,20H,1-2,7,10-11H2,(H,23,25)(H,24,26);1H/t14-;/m0./s1. The molecule has 144 valence electrons. The molecule has 2 heterocycles. The number of benzene rings is 1. The zero-order chi connectivity index (χ0) is 18.4. The number of carbonyl (C=O) groups excluding carboxylic acids is 2. The van der Waals surface area contributed by atoms with Gasteiger partial charge < -0.3 is 16.0 Å². The van der Waals surface area contributed by atoms with Crippen LogP contribution in [-0.2, 0) is 6.54 Å². The maximum absolute atomic E-state index is 12.9. The molecule has 0 bridgehead atoms. The van der Waals surface area contributed by atoms with E-state index >= 15 is 0 Å².